The summed E-state index contributed by atoms with van der Waals surface area (Å²) in [6.07, 6.45) is 1.81. The van der Waals surface area contributed by atoms with E-state index in [0.29, 0.717) is 12.2 Å². The van der Waals surface area contributed by atoms with Gasteiger partial charge in [0.25, 0.3) is 0 Å². The van der Waals surface area contributed by atoms with E-state index in [0.717, 1.165) is 6.07 Å². The molecule has 1 aromatic carbocycles. The van der Waals surface area contributed by atoms with Gasteiger partial charge in [-0.25, -0.2) is 17.5 Å². The molecule has 2 aromatic rings. The number of halogens is 1. The van der Waals surface area contributed by atoms with Crippen LogP contribution < -0.4 is 10.0 Å². The minimum Gasteiger partial charge on any atom is -0.467 e. The second-order valence-electron chi connectivity index (χ2n) is 4.57. The molecule has 0 bridgehead atoms. The monoisotopic (exact) mass is 328 g/mol. The van der Waals surface area contributed by atoms with Crippen LogP contribution in [0.2, 0.25) is 0 Å². The van der Waals surface area contributed by atoms with Crippen LogP contribution >= 0.6 is 0 Å². The van der Waals surface area contributed by atoms with Crippen LogP contribution in [0, 0.1) is 5.82 Å². The third-order valence-corrected chi connectivity index (χ3v) is 4.57. The number of hydrogen-bond donors (Lipinski definition) is 3. The Morgan fingerprint density at radius 2 is 2.14 bits per heavy atom. The maximum Gasteiger partial charge on any atom is 0.240 e. The van der Waals surface area contributed by atoms with Crippen molar-refractivity contribution in [3.8, 4) is 0 Å². The minimum atomic E-state index is -3.70. The van der Waals surface area contributed by atoms with Crippen molar-refractivity contribution in [2.45, 2.75) is 17.4 Å². The fourth-order valence-electron chi connectivity index (χ4n) is 1.99. The molecule has 1 atom stereocenters. The molecule has 0 fully saturated rings. The van der Waals surface area contributed by atoms with Gasteiger partial charge in [0.15, 0.2) is 0 Å². The van der Waals surface area contributed by atoms with E-state index in [4.69, 9.17) is 9.52 Å². The summed E-state index contributed by atoms with van der Waals surface area (Å²) in [4.78, 5) is -0.158. The predicted molar refractivity (Wildman–Crippen MR) is 79.4 cm³/mol. The first-order valence-corrected chi connectivity index (χ1v) is 8.10. The predicted octanol–water partition coefficient (Wildman–Crippen LogP) is 1.86. The number of rotatable bonds is 7. The van der Waals surface area contributed by atoms with Crippen LogP contribution in [0.25, 0.3) is 0 Å². The summed E-state index contributed by atoms with van der Waals surface area (Å²) in [5, 5.41) is 12.0. The highest BCUT2D eigenvalue weighted by atomic mass is 32.2. The fraction of sp³-hybridized carbons (Fsp3) is 0.286. The van der Waals surface area contributed by atoms with E-state index in [9.17, 15) is 12.8 Å². The smallest absolute Gasteiger partial charge is 0.240 e. The van der Waals surface area contributed by atoms with Crippen LogP contribution in [0.3, 0.4) is 0 Å². The van der Waals surface area contributed by atoms with Gasteiger partial charge in [-0.1, -0.05) is 0 Å². The Kier molecular flexibility index (Phi) is 5.17. The van der Waals surface area contributed by atoms with Crippen LogP contribution in [0.1, 0.15) is 18.2 Å². The molecule has 0 aliphatic carbocycles. The van der Waals surface area contributed by atoms with Crippen molar-refractivity contribution in [3.63, 3.8) is 0 Å². The topological polar surface area (TPSA) is 91.6 Å². The van der Waals surface area contributed by atoms with Crippen LogP contribution in [-0.2, 0) is 10.0 Å². The first-order chi connectivity index (χ1) is 10.5. The van der Waals surface area contributed by atoms with E-state index in [1.807, 2.05) is 0 Å². The van der Waals surface area contributed by atoms with Gasteiger partial charge in [-0.05, 0) is 43.8 Å². The number of sulfonamides is 1. The molecule has 0 aliphatic rings. The number of hydrogen-bond acceptors (Lipinski definition) is 5. The molecule has 120 valence electrons. The van der Waals surface area contributed by atoms with Crippen LogP contribution in [-0.4, -0.2) is 27.2 Å². The molecular formula is C14H17FN2O4S. The Hall–Kier alpha value is -1.90. The van der Waals surface area contributed by atoms with E-state index < -0.39 is 21.9 Å². The summed E-state index contributed by atoms with van der Waals surface area (Å²) < 4.78 is 44.7. The minimum absolute atomic E-state index is 0.105. The summed E-state index contributed by atoms with van der Waals surface area (Å²) in [6.45, 7) is -0.105. The summed E-state index contributed by atoms with van der Waals surface area (Å²) in [5.74, 6) is -0.147. The van der Waals surface area contributed by atoms with Gasteiger partial charge < -0.3 is 14.8 Å². The highest BCUT2D eigenvalue weighted by Crippen LogP contribution is 2.26. The molecule has 22 heavy (non-hydrogen) atoms. The van der Waals surface area contributed by atoms with Crippen molar-refractivity contribution in [2.75, 3.05) is 19.0 Å². The van der Waals surface area contributed by atoms with E-state index in [1.165, 1.54) is 25.4 Å². The van der Waals surface area contributed by atoms with E-state index in [-0.39, 0.29) is 17.2 Å². The Labute approximate surface area is 128 Å². The van der Waals surface area contributed by atoms with E-state index in [1.54, 1.807) is 12.1 Å². The molecule has 1 aromatic heterocycles. The molecule has 0 saturated heterocycles. The molecule has 2 rings (SSSR count). The lowest BCUT2D eigenvalue weighted by molar-refractivity contribution is 0.273. The van der Waals surface area contributed by atoms with Gasteiger partial charge in [-0.15, -0.1) is 0 Å². The maximum absolute atomic E-state index is 14.1. The molecule has 0 aliphatic heterocycles. The molecule has 0 saturated carbocycles. The Bertz CT molecular complexity index is 716. The van der Waals surface area contributed by atoms with Crippen LogP contribution in [0.15, 0.2) is 45.9 Å². The van der Waals surface area contributed by atoms with Gasteiger partial charge in [0.2, 0.25) is 10.0 Å². The van der Waals surface area contributed by atoms with Gasteiger partial charge in [-0.2, -0.15) is 0 Å². The Morgan fingerprint density at radius 3 is 2.68 bits per heavy atom. The molecule has 8 heteroatoms. The van der Waals surface area contributed by atoms with Gasteiger partial charge in [0, 0.05) is 6.61 Å². The zero-order valence-corrected chi connectivity index (χ0v) is 12.7. The largest absolute Gasteiger partial charge is 0.467 e. The van der Waals surface area contributed by atoms with Crippen molar-refractivity contribution < 1.29 is 22.3 Å². The van der Waals surface area contributed by atoms with E-state index >= 15 is 0 Å². The second-order valence-corrected chi connectivity index (χ2v) is 6.46. The molecule has 0 amide bonds. The van der Waals surface area contributed by atoms with Crippen molar-refractivity contribution in [2.24, 2.45) is 0 Å². The van der Waals surface area contributed by atoms with Crippen molar-refractivity contribution in [1.82, 2.24) is 4.72 Å². The normalized spacial score (nSPS) is 13.0. The third-order valence-electron chi connectivity index (χ3n) is 3.15. The first-order valence-electron chi connectivity index (χ1n) is 6.62. The van der Waals surface area contributed by atoms with E-state index in [2.05, 4.69) is 10.0 Å². The van der Waals surface area contributed by atoms with Gasteiger partial charge in [0.05, 0.1) is 22.9 Å². The van der Waals surface area contributed by atoms with Crippen LogP contribution in [0.4, 0.5) is 10.1 Å². The van der Waals surface area contributed by atoms with Crippen molar-refractivity contribution >= 4 is 15.7 Å². The summed E-state index contributed by atoms with van der Waals surface area (Å²) in [6, 6.07) is 6.57. The SMILES string of the molecule is CNS(=O)(=O)c1ccc(NC(CCO)c2ccco2)c(F)c1. The van der Waals surface area contributed by atoms with Crippen molar-refractivity contribution in [3.05, 3.63) is 48.2 Å². The van der Waals surface area contributed by atoms with Gasteiger partial charge >= 0.3 is 0 Å². The van der Waals surface area contributed by atoms with Gasteiger partial charge in [0.1, 0.15) is 11.6 Å². The molecule has 1 heterocycles. The molecule has 3 N–H and O–H groups in total. The molecule has 6 nitrogen and oxygen atoms in total. The fourth-order valence-corrected chi connectivity index (χ4v) is 2.73. The number of benzene rings is 1. The van der Waals surface area contributed by atoms with Crippen LogP contribution in [0.5, 0.6) is 0 Å². The van der Waals surface area contributed by atoms with Crippen molar-refractivity contribution in [1.29, 1.82) is 0 Å². The number of furan rings is 1. The zero-order valence-electron chi connectivity index (χ0n) is 11.9. The van der Waals surface area contributed by atoms with Gasteiger partial charge in [-0.3, -0.25) is 0 Å². The summed E-state index contributed by atoms with van der Waals surface area (Å²) in [7, 11) is -2.44. The maximum atomic E-state index is 14.1. The Morgan fingerprint density at radius 1 is 1.36 bits per heavy atom. The molecule has 0 radical (unpaired) electrons. The molecule has 1 unspecified atom stereocenters. The lowest BCUT2D eigenvalue weighted by atomic mass is 10.1. The number of aliphatic hydroxyl groups is 1. The lowest BCUT2D eigenvalue weighted by Gasteiger charge is -2.17. The quantitative estimate of drug-likeness (QED) is 0.721. The number of nitrogens with one attached hydrogen (secondary N) is 2. The zero-order chi connectivity index (χ0) is 16.2. The Balaban J connectivity index is 2.25. The third kappa shape index (κ3) is 3.65. The lowest BCUT2D eigenvalue weighted by Crippen LogP contribution is -2.19. The second kappa shape index (κ2) is 6.91. The number of anilines is 1. The molecular weight excluding hydrogens is 311 g/mol. The highest BCUT2D eigenvalue weighted by Gasteiger charge is 2.18. The average Bonchev–Trinajstić information content (AvgIpc) is 3.02. The standard InChI is InChI=1S/C14H17FN2O4S/c1-16-22(19,20)10-4-5-12(11(15)9-10)17-13(6-7-18)14-3-2-8-21-14/h2-5,8-9,13,16-18H,6-7H2,1H3. The average molecular weight is 328 g/mol. The summed E-state index contributed by atoms with van der Waals surface area (Å²) >= 11 is 0. The highest BCUT2D eigenvalue weighted by molar-refractivity contribution is 7.89. The first kappa shape index (κ1) is 16.5. The molecule has 0 spiro atoms. The number of aliphatic hydroxyl groups excluding tert-OH is 1. The summed E-state index contributed by atoms with van der Waals surface area (Å²) in [5.41, 5.74) is 0.130.